The minimum atomic E-state index is 0.341. The molecule has 1 aromatic heterocycles. The van der Waals surface area contributed by atoms with Gasteiger partial charge in [-0.25, -0.2) is 0 Å². The molecule has 17 heavy (non-hydrogen) atoms. The van der Waals surface area contributed by atoms with Crippen LogP contribution in [-0.2, 0) is 6.54 Å². The first kappa shape index (κ1) is 12.9. The lowest BCUT2D eigenvalue weighted by molar-refractivity contribution is 0.133. The van der Waals surface area contributed by atoms with E-state index in [0.29, 0.717) is 18.4 Å². The summed E-state index contributed by atoms with van der Waals surface area (Å²) < 4.78 is 0. The molecule has 1 fully saturated rings. The Kier molecular flexibility index (Phi) is 4.83. The Hall–Kier alpha value is -0.580. The summed E-state index contributed by atoms with van der Waals surface area (Å²) in [7, 11) is 0. The van der Waals surface area contributed by atoms with Gasteiger partial charge in [0.25, 0.3) is 0 Å². The molecule has 1 saturated carbocycles. The second-order valence-electron chi connectivity index (χ2n) is 4.92. The smallest absolute Gasteiger partial charge is 0.0468 e. The van der Waals surface area contributed by atoms with E-state index in [1.54, 1.807) is 11.3 Å². The Morgan fingerprint density at radius 3 is 2.76 bits per heavy atom. The molecule has 96 valence electrons. The molecule has 0 aliphatic heterocycles. The van der Waals surface area contributed by atoms with E-state index >= 15 is 0 Å². The van der Waals surface area contributed by atoms with Crippen LogP contribution in [-0.4, -0.2) is 18.3 Å². The van der Waals surface area contributed by atoms with Crippen LogP contribution in [0.1, 0.15) is 30.6 Å². The molecule has 0 radical (unpaired) electrons. The lowest BCUT2D eigenvalue weighted by Gasteiger charge is -2.30. The zero-order valence-corrected chi connectivity index (χ0v) is 11.0. The molecule has 4 heteroatoms. The minimum absolute atomic E-state index is 0.341. The first-order valence-electron chi connectivity index (χ1n) is 6.44. The molecule has 0 aromatic carbocycles. The predicted molar refractivity (Wildman–Crippen MR) is 73.0 cm³/mol. The Morgan fingerprint density at radius 1 is 1.35 bits per heavy atom. The number of anilines is 1. The maximum Gasteiger partial charge on any atom is 0.0468 e. The van der Waals surface area contributed by atoms with Crippen molar-refractivity contribution in [3.63, 3.8) is 0 Å². The fourth-order valence-electron chi connectivity index (χ4n) is 2.66. The molecule has 0 amide bonds. The van der Waals surface area contributed by atoms with Crippen LogP contribution in [0.25, 0.3) is 0 Å². The molecule has 2 atom stereocenters. The van der Waals surface area contributed by atoms with Gasteiger partial charge < -0.3 is 16.2 Å². The largest absolute Gasteiger partial charge is 0.398 e. The standard InChI is InChI=1S/C13H22N2OS/c14-12-5-6-17-13(12)8-15-7-10-3-1-2-4-11(10)9-16/h5-6,10-11,15-16H,1-4,7-9,14H2. The molecule has 0 saturated heterocycles. The van der Waals surface area contributed by atoms with E-state index in [2.05, 4.69) is 5.32 Å². The lowest BCUT2D eigenvalue weighted by Crippen LogP contribution is -2.32. The van der Waals surface area contributed by atoms with Crippen molar-refractivity contribution in [3.8, 4) is 0 Å². The lowest BCUT2D eigenvalue weighted by atomic mass is 9.79. The van der Waals surface area contributed by atoms with Crippen LogP contribution >= 0.6 is 11.3 Å². The summed E-state index contributed by atoms with van der Waals surface area (Å²) in [6, 6.07) is 1.96. The van der Waals surface area contributed by atoms with Crippen molar-refractivity contribution >= 4 is 17.0 Å². The number of thiophene rings is 1. The van der Waals surface area contributed by atoms with Crippen LogP contribution in [0.3, 0.4) is 0 Å². The summed E-state index contributed by atoms with van der Waals surface area (Å²) in [6.45, 7) is 2.20. The van der Waals surface area contributed by atoms with Crippen molar-refractivity contribution in [2.45, 2.75) is 32.2 Å². The van der Waals surface area contributed by atoms with Gasteiger partial charge in [-0.2, -0.15) is 0 Å². The zero-order chi connectivity index (χ0) is 12.1. The molecule has 0 bridgehead atoms. The normalized spacial score (nSPS) is 25.0. The number of aliphatic hydroxyl groups is 1. The molecular weight excluding hydrogens is 232 g/mol. The average Bonchev–Trinajstić information content (AvgIpc) is 2.76. The van der Waals surface area contributed by atoms with Gasteiger partial charge in [-0.05, 0) is 42.7 Å². The van der Waals surface area contributed by atoms with Crippen LogP contribution in [0.15, 0.2) is 11.4 Å². The Morgan fingerprint density at radius 2 is 2.12 bits per heavy atom. The highest BCUT2D eigenvalue weighted by Crippen LogP contribution is 2.29. The second-order valence-corrected chi connectivity index (χ2v) is 5.92. The van der Waals surface area contributed by atoms with Crippen molar-refractivity contribution in [2.75, 3.05) is 18.9 Å². The summed E-state index contributed by atoms with van der Waals surface area (Å²) in [5.74, 6) is 1.13. The van der Waals surface area contributed by atoms with Gasteiger partial charge in [-0.3, -0.25) is 0 Å². The van der Waals surface area contributed by atoms with Gasteiger partial charge in [0.2, 0.25) is 0 Å². The fourth-order valence-corrected chi connectivity index (χ4v) is 3.43. The van der Waals surface area contributed by atoms with Crippen molar-refractivity contribution in [3.05, 3.63) is 16.3 Å². The molecule has 1 aliphatic carbocycles. The van der Waals surface area contributed by atoms with E-state index in [0.717, 1.165) is 18.8 Å². The van der Waals surface area contributed by atoms with E-state index in [1.807, 2.05) is 11.4 Å². The van der Waals surface area contributed by atoms with Crippen LogP contribution in [0.5, 0.6) is 0 Å². The number of hydrogen-bond donors (Lipinski definition) is 3. The number of nitrogen functional groups attached to an aromatic ring is 1. The molecule has 1 aliphatic rings. The maximum absolute atomic E-state index is 9.34. The van der Waals surface area contributed by atoms with Crippen LogP contribution < -0.4 is 11.1 Å². The molecule has 0 spiro atoms. The summed E-state index contributed by atoms with van der Waals surface area (Å²) >= 11 is 1.71. The number of nitrogens with two attached hydrogens (primary N) is 1. The van der Waals surface area contributed by atoms with Gasteiger partial charge in [0.05, 0.1) is 0 Å². The van der Waals surface area contributed by atoms with Crippen LogP contribution in [0, 0.1) is 11.8 Å². The first-order chi connectivity index (χ1) is 8.31. The van der Waals surface area contributed by atoms with E-state index in [9.17, 15) is 5.11 Å². The van der Waals surface area contributed by atoms with Crippen LogP contribution in [0.2, 0.25) is 0 Å². The summed E-state index contributed by atoms with van der Waals surface area (Å²) in [5, 5.41) is 14.9. The molecular formula is C13H22N2OS. The van der Waals surface area contributed by atoms with Gasteiger partial charge >= 0.3 is 0 Å². The SMILES string of the molecule is Nc1ccsc1CNCC1CCCCC1CO. The monoisotopic (exact) mass is 254 g/mol. The van der Waals surface area contributed by atoms with E-state index < -0.39 is 0 Å². The number of hydrogen-bond acceptors (Lipinski definition) is 4. The number of aliphatic hydroxyl groups excluding tert-OH is 1. The van der Waals surface area contributed by atoms with Crippen molar-refractivity contribution < 1.29 is 5.11 Å². The summed E-state index contributed by atoms with van der Waals surface area (Å²) in [6.07, 6.45) is 5.02. The van der Waals surface area contributed by atoms with Gasteiger partial charge in [0.1, 0.15) is 0 Å². The van der Waals surface area contributed by atoms with Gasteiger partial charge in [-0.1, -0.05) is 12.8 Å². The molecule has 3 nitrogen and oxygen atoms in total. The summed E-state index contributed by atoms with van der Waals surface area (Å²) in [5.41, 5.74) is 6.74. The highest BCUT2D eigenvalue weighted by atomic mass is 32.1. The number of nitrogens with one attached hydrogen (secondary N) is 1. The second kappa shape index (κ2) is 6.38. The molecule has 1 aromatic rings. The van der Waals surface area contributed by atoms with Crippen molar-refractivity contribution in [1.82, 2.24) is 5.32 Å². The highest BCUT2D eigenvalue weighted by molar-refractivity contribution is 7.10. The first-order valence-corrected chi connectivity index (χ1v) is 7.32. The Bertz CT molecular complexity index is 340. The molecule has 2 unspecified atom stereocenters. The quantitative estimate of drug-likeness (QED) is 0.755. The van der Waals surface area contributed by atoms with Crippen molar-refractivity contribution in [1.29, 1.82) is 0 Å². The maximum atomic E-state index is 9.34. The van der Waals surface area contributed by atoms with Gasteiger partial charge in [0.15, 0.2) is 0 Å². The van der Waals surface area contributed by atoms with E-state index in [4.69, 9.17) is 5.73 Å². The third kappa shape index (κ3) is 3.44. The third-order valence-corrected chi connectivity index (χ3v) is 4.71. The molecule has 4 N–H and O–H groups in total. The van der Waals surface area contributed by atoms with E-state index in [1.165, 1.54) is 30.6 Å². The third-order valence-electron chi connectivity index (χ3n) is 3.77. The summed E-state index contributed by atoms with van der Waals surface area (Å²) in [4.78, 5) is 1.22. The Balaban J connectivity index is 1.75. The highest BCUT2D eigenvalue weighted by Gasteiger charge is 2.23. The zero-order valence-electron chi connectivity index (χ0n) is 10.2. The topological polar surface area (TPSA) is 58.3 Å². The van der Waals surface area contributed by atoms with Crippen LogP contribution in [0.4, 0.5) is 5.69 Å². The molecule has 2 rings (SSSR count). The van der Waals surface area contributed by atoms with E-state index in [-0.39, 0.29) is 0 Å². The fraction of sp³-hybridized carbons (Fsp3) is 0.692. The minimum Gasteiger partial charge on any atom is -0.398 e. The van der Waals surface area contributed by atoms with Crippen molar-refractivity contribution in [2.24, 2.45) is 11.8 Å². The number of rotatable bonds is 5. The van der Waals surface area contributed by atoms with Gasteiger partial charge in [-0.15, -0.1) is 11.3 Å². The predicted octanol–water partition coefficient (Wildman–Crippen LogP) is 2.22. The average molecular weight is 254 g/mol. The molecule has 1 heterocycles. The Labute approximate surface area is 107 Å². The van der Waals surface area contributed by atoms with Gasteiger partial charge in [0, 0.05) is 23.7 Å².